The molecule has 0 saturated carbocycles. The second-order valence-corrected chi connectivity index (χ2v) is 9.32. The summed E-state index contributed by atoms with van der Waals surface area (Å²) in [6, 6.07) is 16.7. The van der Waals surface area contributed by atoms with Gasteiger partial charge in [0, 0.05) is 28.9 Å². The van der Waals surface area contributed by atoms with E-state index < -0.39 is 5.82 Å². The largest absolute Gasteiger partial charge is 0.299 e. The van der Waals surface area contributed by atoms with Crippen molar-refractivity contribution in [2.24, 2.45) is 5.92 Å². The van der Waals surface area contributed by atoms with Gasteiger partial charge in [-0.3, -0.25) is 4.90 Å². The summed E-state index contributed by atoms with van der Waals surface area (Å²) < 4.78 is 14.5. The smallest absolute Gasteiger partial charge is 0.158 e. The van der Waals surface area contributed by atoms with Gasteiger partial charge in [-0.05, 0) is 86.2 Å². The van der Waals surface area contributed by atoms with Gasteiger partial charge in [-0.1, -0.05) is 60.4 Å². The van der Waals surface area contributed by atoms with Crippen LogP contribution in [0.5, 0.6) is 0 Å². The normalized spacial score (nSPS) is 15.2. The van der Waals surface area contributed by atoms with E-state index in [4.69, 9.17) is 11.6 Å². The molecule has 1 aliphatic rings. The number of halogens is 2. The van der Waals surface area contributed by atoms with Crippen molar-refractivity contribution in [3.63, 3.8) is 0 Å². The van der Waals surface area contributed by atoms with E-state index in [-0.39, 0.29) is 5.69 Å². The van der Waals surface area contributed by atoms with E-state index in [1.807, 2.05) is 24.3 Å². The average molecular weight is 459 g/mol. The Labute approximate surface area is 201 Å². The predicted octanol–water partition coefficient (Wildman–Crippen LogP) is 7.08. The molecule has 1 saturated heterocycles. The number of likely N-dealkylation sites (tertiary alicyclic amines) is 1. The maximum absolute atomic E-state index is 14.5. The molecule has 4 rings (SSSR count). The summed E-state index contributed by atoms with van der Waals surface area (Å²) in [6.45, 7) is 7.92. The molecule has 0 spiro atoms. The lowest BCUT2D eigenvalue weighted by Gasteiger charge is -2.30. The van der Waals surface area contributed by atoms with Crippen molar-refractivity contribution in [1.82, 2.24) is 9.88 Å². The van der Waals surface area contributed by atoms with Crippen molar-refractivity contribution in [3.8, 4) is 23.0 Å². The zero-order valence-corrected chi connectivity index (χ0v) is 19.9. The van der Waals surface area contributed by atoms with Gasteiger partial charge in [-0.15, -0.1) is 0 Å². The molecular weight excluding hydrogens is 431 g/mol. The fourth-order valence-corrected chi connectivity index (χ4v) is 4.15. The molecule has 4 heteroatoms. The predicted molar refractivity (Wildman–Crippen MR) is 136 cm³/mol. The highest BCUT2D eigenvalue weighted by molar-refractivity contribution is 6.30. The minimum atomic E-state index is -0.433. The number of hydrogen-bond acceptors (Lipinski definition) is 2. The molecule has 33 heavy (non-hydrogen) atoms. The maximum atomic E-state index is 14.5. The molecule has 1 fully saturated rings. The van der Waals surface area contributed by atoms with Crippen molar-refractivity contribution < 1.29 is 4.39 Å². The molecule has 2 heterocycles. The van der Waals surface area contributed by atoms with Crippen molar-refractivity contribution in [2.45, 2.75) is 26.7 Å². The summed E-state index contributed by atoms with van der Waals surface area (Å²) >= 11 is 5.92. The second kappa shape index (κ2) is 10.8. The molecule has 0 N–H and O–H groups in total. The van der Waals surface area contributed by atoms with Crippen LogP contribution in [0.4, 0.5) is 4.39 Å². The van der Waals surface area contributed by atoms with Crippen LogP contribution >= 0.6 is 11.6 Å². The third kappa shape index (κ3) is 6.54. The quantitative estimate of drug-likeness (QED) is 0.388. The summed E-state index contributed by atoms with van der Waals surface area (Å²) in [6.07, 6.45) is 6.45. The molecule has 0 unspecified atom stereocenters. The first-order chi connectivity index (χ1) is 16.0. The molecule has 3 aromatic rings. The van der Waals surface area contributed by atoms with Gasteiger partial charge >= 0.3 is 0 Å². The van der Waals surface area contributed by atoms with E-state index in [1.54, 1.807) is 18.3 Å². The van der Waals surface area contributed by atoms with Crippen molar-refractivity contribution in [1.29, 1.82) is 0 Å². The van der Waals surface area contributed by atoms with Gasteiger partial charge in [0.2, 0.25) is 0 Å². The standard InChI is InChI=1S/C29H28ClFN2/c1-21-13-15-33(16-14-21)20-22(2)17-24-5-3-23(4-6-24)7-12-29-28(31)18-26(19-32-29)25-8-10-27(30)11-9-25/h3-6,8-11,17-19,21H,13-16,20H2,1-2H3/b22-17+. The van der Waals surface area contributed by atoms with Gasteiger partial charge in [0.05, 0.1) is 0 Å². The SMILES string of the molecule is C/C(=C\c1ccc(C#Cc2ncc(-c3ccc(Cl)cc3)cc2F)cc1)CN1CCC(C)CC1. The zero-order valence-electron chi connectivity index (χ0n) is 19.1. The Bertz CT molecular complexity index is 1180. The Morgan fingerprint density at radius 1 is 1.06 bits per heavy atom. The maximum Gasteiger partial charge on any atom is 0.158 e. The Hall–Kier alpha value is -2.93. The highest BCUT2D eigenvalue weighted by atomic mass is 35.5. The lowest BCUT2D eigenvalue weighted by atomic mass is 9.99. The number of pyridine rings is 1. The molecule has 2 nitrogen and oxygen atoms in total. The number of nitrogens with zero attached hydrogens (tertiary/aromatic N) is 2. The Morgan fingerprint density at radius 2 is 1.76 bits per heavy atom. The van der Waals surface area contributed by atoms with Crippen LogP contribution in [0.2, 0.25) is 5.02 Å². The Morgan fingerprint density at radius 3 is 2.42 bits per heavy atom. The van der Waals surface area contributed by atoms with Gasteiger partial charge in [0.25, 0.3) is 0 Å². The zero-order chi connectivity index (χ0) is 23.2. The first-order valence-electron chi connectivity index (χ1n) is 11.4. The lowest BCUT2D eigenvalue weighted by molar-refractivity contribution is 0.207. The molecule has 0 atom stereocenters. The van der Waals surface area contributed by atoms with Crippen LogP contribution in [0, 0.1) is 23.6 Å². The summed E-state index contributed by atoms with van der Waals surface area (Å²) in [5.41, 5.74) is 5.04. The highest BCUT2D eigenvalue weighted by Gasteiger charge is 2.15. The number of rotatable bonds is 4. The van der Waals surface area contributed by atoms with Crippen LogP contribution in [-0.4, -0.2) is 29.5 Å². The Balaban J connectivity index is 1.40. The van der Waals surface area contributed by atoms with E-state index in [1.165, 1.54) is 37.6 Å². The average Bonchev–Trinajstić information content (AvgIpc) is 2.81. The van der Waals surface area contributed by atoms with Crippen LogP contribution < -0.4 is 0 Å². The van der Waals surface area contributed by atoms with E-state index in [0.717, 1.165) is 29.2 Å². The van der Waals surface area contributed by atoms with Gasteiger partial charge in [-0.25, -0.2) is 9.37 Å². The first kappa shape index (κ1) is 23.2. The van der Waals surface area contributed by atoms with Crippen LogP contribution in [0.3, 0.4) is 0 Å². The summed E-state index contributed by atoms with van der Waals surface area (Å²) in [5.74, 6) is 6.29. The molecule has 0 radical (unpaired) electrons. The number of aromatic nitrogens is 1. The molecule has 0 aliphatic carbocycles. The van der Waals surface area contributed by atoms with Crippen molar-refractivity contribution >= 4 is 17.7 Å². The van der Waals surface area contributed by atoms with Gasteiger partial charge in [-0.2, -0.15) is 0 Å². The van der Waals surface area contributed by atoms with Gasteiger partial charge in [0.15, 0.2) is 5.82 Å². The summed E-state index contributed by atoms with van der Waals surface area (Å²) in [7, 11) is 0. The molecule has 2 aromatic carbocycles. The van der Waals surface area contributed by atoms with Gasteiger partial charge in [0.1, 0.15) is 5.69 Å². The monoisotopic (exact) mass is 458 g/mol. The second-order valence-electron chi connectivity index (χ2n) is 8.88. The van der Waals surface area contributed by atoms with Crippen LogP contribution in [0.1, 0.15) is 43.5 Å². The minimum Gasteiger partial charge on any atom is -0.299 e. The molecule has 0 amide bonds. The minimum absolute atomic E-state index is 0.142. The van der Waals surface area contributed by atoms with E-state index in [9.17, 15) is 4.39 Å². The number of hydrogen-bond donors (Lipinski definition) is 0. The third-order valence-corrected chi connectivity index (χ3v) is 6.27. The number of piperidine rings is 1. The fourth-order valence-electron chi connectivity index (χ4n) is 4.03. The molecule has 1 aromatic heterocycles. The van der Waals surface area contributed by atoms with E-state index in [2.05, 4.69) is 53.8 Å². The van der Waals surface area contributed by atoms with E-state index in [0.29, 0.717) is 10.6 Å². The summed E-state index contributed by atoms with van der Waals surface area (Å²) in [4.78, 5) is 6.75. The van der Waals surface area contributed by atoms with Crippen LogP contribution in [0.15, 0.2) is 66.4 Å². The topological polar surface area (TPSA) is 16.1 Å². The van der Waals surface area contributed by atoms with Crippen molar-refractivity contribution in [3.05, 3.63) is 94.0 Å². The number of benzene rings is 2. The van der Waals surface area contributed by atoms with E-state index >= 15 is 0 Å². The highest BCUT2D eigenvalue weighted by Crippen LogP contribution is 2.22. The lowest BCUT2D eigenvalue weighted by Crippen LogP contribution is -2.33. The first-order valence-corrected chi connectivity index (χ1v) is 11.8. The van der Waals surface area contributed by atoms with Crippen molar-refractivity contribution in [2.75, 3.05) is 19.6 Å². The van der Waals surface area contributed by atoms with Gasteiger partial charge < -0.3 is 0 Å². The third-order valence-electron chi connectivity index (χ3n) is 6.02. The molecule has 0 bridgehead atoms. The van der Waals surface area contributed by atoms with Crippen LogP contribution in [0.25, 0.3) is 17.2 Å². The fraction of sp³-hybridized carbons (Fsp3) is 0.276. The molecular formula is C29H28ClFN2. The Kier molecular flexibility index (Phi) is 7.60. The molecule has 168 valence electrons. The molecule has 1 aliphatic heterocycles. The van der Waals surface area contributed by atoms with Crippen LogP contribution in [-0.2, 0) is 0 Å². The summed E-state index contributed by atoms with van der Waals surface area (Å²) in [5, 5.41) is 0.642.